The molecule has 2 aromatic rings. The van der Waals surface area contributed by atoms with Crippen LogP contribution in [0.25, 0.3) is 0 Å². The molecule has 3 aliphatic rings. The number of hydrogen-bond acceptors (Lipinski definition) is 0. The van der Waals surface area contributed by atoms with Crippen LogP contribution in [0, 0.1) is 5.92 Å². The van der Waals surface area contributed by atoms with E-state index in [1.54, 1.807) is 5.57 Å². The second-order valence-electron chi connectivity index (χ2n) is 10.8. The van der Waals surface area contributed by atoms with Crippen molar-refractivity contribution in [2.24, 2.45) is 5.92 Å². The maximum atomic E-state index is 2.49. The molecule has 0 saturated heterocycles. The van der Waals surface area contributed by atoms with E-state index in [1.165, 1.54) is 33.4 Å². The zero-order valence-electron chi connectivity index (χ0n) is 18.8. The largest absolute Gasteiger partial charge is 0.0725 e. The minimum absolute atomic E-state index is 0.0453. The van der Waals surface area contributed by atoms with Gasteiger partial charge < -0.3 is 0 Å². The highest BCUT2D eigenvalue weighted by Gasteiger charge is 2.55. The van der Waals surface area contributed by atoms with Gasteiger partial charge in [-0.15, -0.1) is 0 Å². The van der Waals surface area contributed by atoms with Gasteiger partial charge in [-0.2, -0.15) is 0 Å². The van der Waals surface area contributed by atoms with Crippen LogP contribution >= 0.6 is 0 Å². The first kappa shape index (κ1) is 19.2. The normalized spacial score (nSPS) is 20.9. The van der Waals surface area contributed by atoms with Crippen LogP contribution in [-0.2, 0) is 16.2 Å². The average Bonchev–Trinajstić information content (AvgIpc) is 3.10. The molecule has 0 N–H and O–H groups in total. The molecule has 1 unspecified atom stereocenters. The van der Waals surface area contributed by atoms with Gasteiger partial charge in [0, 0.05) is 0 Å². The highest BCUT2D eigenvalue weighted by atomic mass is 14.6. The fraction of sp³-hybridized carbons (Fsp3) is 0.429. The summed E-state index contributed by atoms with van der Waals surface area (Å²) >= 11 is 0. The van der Waals surface area contributed by atoms with Crippen LogP contribution in [-0.4, -0.2) is 0 Å². The Morgan fingerprint density at radius 3 is 1.32 bits per heavy atom. The van der Waals surface area contributed by atoms with Gasteiger partial charge in [0.25, 0.3) is 0 Å². The Bertz CT molecular complexity index is 907. The minimum atomic E-state index is -0.0453. The molecule has 2 bridgehead atoms. The van der Waals surface area contributed by atoms with Gasteiger partial charge in [0.15, 0.2) is 0 Å². The molecule has 0 heterocycles. The monoisotopic (exact) mass is 370 g/mol. The van der Waals surface area contributed by atoms with Crippen LogP contribution in [0.1, 0.15) is 77.6 Å². The number of allylic oxidation sites excluding steroid dienone is 4. The molecule has 0 radical (unpaired) electrons. The highest BCUT2D eigenvalue weighted by molar-refractivity contribution is 5.77. The SMILES string of the molecule is CC1=C2C(C)C=C1C2(c1ccc(C(C)(C)C)cc1)c1ccc(C(C)(C)C)cc1. The number of fused-ring (bicyclic) bond motifs is 1. The van der Waals surface area contributed by atoms with Crippen molar-refractivity contribution < 1.29 is 0 Å². The molecule has 28 heavy (non-hydrogen) atoms. The van der Waals surface area contributed by atoms with Gasteiger partial charge in [0.05, 0.1) is 5.41 Å². The lowest BCUT2D eigenvalue weighted by molar-refractivity contribution is 0.584. The second-order valence-corrected chi connectivity index (χ2v) is 10.8. The smallest absolute Gasteiger partial charge is 0.0672 e. The van der Waals surface area contributed by atoms with Crippen molar-refractivity contribution in [1.82, 2.24) is 0 Å². The molecular weight excluding hydrogens is 336 g/mol. The predicted octanol–water partition coefficient (Wildman–Crippen LogP) is 7.47. The summed E-state index contributed by atoms with van der Waals surface area (Å²) in [7, 11) is 0. The molecule has 0 aliphatic heterocycles. The lowest BCUT2D eigenvalue weighted by Gasteiger charge is -2.46. The van der Waals surface area contributed by atoms with Gasteiger partial charge in [0.2, 0.25) is 0 Å². The van der Waals surface area contributed by atoms with E-state index >= 15 is 0 Å². The summed E-state index contributed by atoms with van der Waals surface area (Å²) in [4.78, 5) is 0. The molecule has 2 aromatic carbocycles. The van der Waals surface area contributed by atoms with Crippen LogP contribution in [0.15, 0.2) is 71.3 Å². The van der Waals surface area contributed by atoms with Crippen LogP contribution in [0.3, 0.4) is 0 Å². The standard InChI is InChI=1S/C28H34/c1-18-17-24-19(2)25(18)28(24,22-13-9-20(10-14-22)26(3,4)5)23-15-11-21(12-16-23)27(6,7)8/h9-18H,1-8H3. The van der Waals surface area contributed by atoms with Crippen molar-refractivity contribution in [3.8, 4) is 0 Å². The Balaban J connectivity index is 1.86. The van der Waals surface area contributed by atoms with E-state index in [9.17, 15) is 0 Å². The molecule has 0 nitrogen and oxygen atoms in total. The van der Waals surface area contributed by atoms with Crippen molar-refractivity contribution in [3.05, 3.63) is 93.6 Å². The maximum Gasteiger partial charge on any atom is 0.0672 e. The molecule has 5 rings (SSSR count). The van der Waals surface area contributed by atoms with E-state index in [4.69, 9.17) is 0 Å². The molecule has 146 valence electrons. The topological polar surface area (TPSA) is 0 Å². The molecule has 3 aliphatic carbocycles. The summed E-state index contributed by atoms with van der Waals surface area (Å²) in [5.41, 5.74) is 10.6. The zero-order valence-corrected chi connectivity index (χ0v) is 18.8. The molecule has 0 saturated carbocycles. The first-order valence-electron chi connectivity index (χ1n) is 10.6. The van der Waals surface area contributed by atoms with Crippen molar-refractivity contribution in [1.29, 1.82) is 0 Å². The summed E-state index contributed by atoms with van der Waals surface area (Å²) in [5, 5.41) is 0. The zero-order chi connectivity index (χ0) is 20.5. The van der Waals surface area contributed by atoms with Gasteiger partial charge >= 0.3 is 0 Å². The van der Waals surface area contributed by atoms with Gasteiger partial charge in [0.1, 0.15) is 0 Å². The van der Waals surface area contributed by atoms with Crippen LogP contribution in [0.5, 0.6) is 0 Å². The molecule has 0 fully saturated rings. The minimum Gasteiger partial charge on any atom is -0.0725 e. The first-order chi connectivity index (χ1) is 13.0. The third-order valence-corrected chi connectivity index (χ3v) is 6.86. The van der Waals surface area contributed by atoms with E-state index in [0.29, 0.717) is 5.92 Å². The van der Waals surface area contributed by atoms with Crippen molar-refractivity contribution in [2.45, 2.75) is 71.6 Å². The third kappa shape index (κ3) is 2.57. The summed E-state index contributed by atoms with van der Waals surface area (Å²) < 4.78 is 0. The lowest BCUT2D eigenvalue weighted by atomic mass is 9.56. The number of rotatable bonds is 2. The van der Waals surface area contributed by atoms with E-state index in [0.717, 1.165) is 0 Å². The summed E-state index contributed by atoms with van der Waals surface area (Å²) in [6, 6.07) is 18.8. The van der Waals surface area contributed by atoms with Gasteiger partial charge in [-0.05, 0) is 62.6 Å². The molecule has 0 heteroatoms. The van der Waals surface area contributed by atoms with E-state index in [2.05, 4.69) is 110 Å². The number of hydrogen-bond donors (Lipinski definition) is 0. The molecule has 0 spiro atoms. The predicted molar refractivity (Wildman–Crippen MR) is 121 cm³/mol. The fourth-order valence-electron chi connectivity index (χ4n) is 5.29. The van der Waals surface area contributed by atoms with Crippen molar-refractivity contribution in [2.75, 3.05) is 0 Å². The summed E-state index contributed by atoms with van der Waals surface area (Å²) in [6.07, 6.45) is 2.49. The van der Waals surface area contributed by atoms with E-state index < -0.39 is 0 Å². The highest BCUT2D eigenvalue weighted by Crippen LogP contribution is 2.64. The van der Waals surface area contributed by atoms with Gasteiger partial charge in [-0.25, -0.2) is 0 Å². The van der Waals surface area contributed by atoms with E-state index in [-0.39, 0.29) is 16.2 Å². The molecule has 0 aromatic heterocycles. The molecular formula is C28H34. The Hall–Kier alpha value is -2.08. The Labute approximate surface area is 171 Å². The van der Waals surface area contributed by atoms with Crippen molar-refractivity contribution in [3.63, 3.8) is 0 Å². The average molecular weight is 371 g/mol. The quantitative estimate of drug-likeness (QED) is 0.514. The van der Waals surface area contributed by atoms with Gasteiger partial charge in [-0.1, -0.05) is 103 Å². The summed E-state index contributed by atoms with van der Waals surface area (Å²) in [5.74, 6) is 0.527. The molecule has 1 atom stereocenters. The van der Waals surface area contributed by atoms with Crippen LogP contribution in [0.4, 0.5) is 0 Å². The Morgan fingerprint density at radius 2 is 1.07 bits per heavy atom. The summed E-state index contributed by atoms with van der Waals surface area (Å²) in [6.45, 7) is 18.4. The maximum absolute atomic E-state index is 2.49. The Kier molecular flexibility index (Phi) is 4.10. The molecule has 0 amide bonds. The third-order valence-electron chi connectivity index (χ3n) is 6.86. The first-order valence-corrected chi connectivity index (χ1v) is 10.6. The van der Waals surface area contributed by atoms with Crippen LogP contribution < -0.4 is 0 Å². The Morgan fingerprint density at radius 1 is 0.679 bits per heavy atom. The van der Waals surface area contributed by atoms with Crippen molar-refractivity contribution >= 4 is 0 Å². The van der Waals surface area contributed by atoms with E-state index in [1.807, 2.05) is 0 Å². The van der Waals surface area contributed by atoms with Gasteiger partial charge in [-0.3, -0.25) is 0 Å². The fourth-order valence-corrected chi connectivity index (χ4v) is 5.29. The lowest BCUT2D eigenvalue weighted by Crippen LogP contribution is -2.39. The second kappa shape index (κ2) is 5.96. The van der Waals surface area contributed by atoms with Crippen LogP contribution in [0.2, 0.25) is 0 Å². The number of benzene rings is 2.